The fourth-order valence-electron chi connectivity index (χ4n) is 2.51. The average Bonchev–Trinajstić information content (AvgIpc) is 2.49. The highest BCUT2D eigenvalue weighted by atomic mass is 79.9. The van der Waals surface area contributed by atoms with Crippen molar-refractivity contribution in [2.45, 2.75) is 6.54 Å². The van der Waals surface area contributed by atoms with Gasteiger partial charge in [-0.3, -0.25) is 9.88 Å². The molecular weight excluding hydrogens is 320 g/mol. The summed E-state index contributed by atoms with van der Waals surface area (Å²) in [7, 11) is 1.70. The van der Waals surface area contributed by atoms with E-state index in [-0.39, 0.29) is 0 Å². The molecule has 20 heavy (non-hydrogen) atoms. The molecule has 0 radical (unpaired) electrons. The minimum atomic E-state index is 0.805. The molecular formula is C15H17BrN2O2. The van der Waals surface area contributed by atoms with Crippen molar-refractivity contribution in [1.82, 2.24) is 9.88 Å². The molecule has 0 N–H and O–H groups in total. The Balaban J connectivity index is 2.01. The zero-order valence-electron chi connectivity index (χ0n) is 11.4. The van der Waals surface area contributed by atoms with E-state index in [2.05, 4.69) is 31.9 Å². The summed E-state index contributed by atoms with van der Waals surface area (Å²) >= 11 is 3.59. The number of fused-ring (bicyclic) bond motifs is 1. The van der Waals surface area contributed by atoms with Crippen LogP contribution in [0.1, 0.15) is 5.56 Å². The van der Waals surface area contributed by atoms with Crippen LogP contribution in [0.15, 0.2) is 28.9 Å². The topological polar surface area (TPSA) is 34.6 Å². The van der Waals surface area contributed by atoms with Crippen molar-refractivity contribution >= 4 is 26.8 Å². The summed E-state index contributed by atoms with van der Waals surface area (Å²) in [6.07, 6.45) is 1.84. The molecule has 1 fully saturated rings. The third kappa shape index (κ3) is 2.80. The number of morpholine rings is 1. The molecule has 5 heteroatoms. The van der Waals surface area contributed by atoms with Crippen LogP contribution in [0.2, 0.25) is 0 Å². The van der Waals surface area contributed by atoms with E-state index in [1.165, 1.54) is 5.56 Å². The monoisotopic (exact) mass is 336 g/mol. The summed E-state index contributed by atoms with van der Waals surface area (Å²) in [5.74, 6) is 0.870. The van der Waals surface area contributed by atoms with Crippen LogP contribution in [0.4, 0.5) is 0 Å². The SMILES string of the molecule is COc1cc(CN2CCOCC2)c2nccc(Br)c2c1. The number of pyridine rings is 1. The van der Waals surface area contributed by atoms with E-state index >= 15 is 0 Å². The van der Waals surface area contributed by atoms with Gasteiger partial charge in [0.2, 0.25) is 0 Å². The van der Waals surface area contributed by atoms with Gasteiger partial charge in [-0.2, -0.15) is 0 Å². The molecule has 0 aliphatic carbocycles. The summed E-state index contributed by atoms with van der Waals surface area (Å²) in [4.78, 5) is 6.93. The lowest BCUT2D eigenvalue weighted by Crippen LogP contribution is -2.35. The first kappa shape index (κ1) is 13.8. The number of rotatable bonds is 3. The van der Waals surface area contributed by atoms with Crippen molar-refractivity contribution in [2.24, 2.45) is 0 Å². The number of hydrogen-bond acceptors (Lipinski definition) is 4. The Morgan fingerprint density at radius 3 is 2.90 bits per heavy atom. The van der Waals surface area contributed by atoms with Gasteiger partial charge >= 0.3 is 0 Å². The second-order valence-electron chi connectivity index (χ2n) is 4.86. The zero-order valence-corrected chi connectivity index (χ0v) is 13.0. The maximum atomic E-state index is 5.42. The van der Waals surface area contributed by atoms with E-state index in [1.54, 1.807) is 7.11 Å². The Bertz CT molecular complexity index is 612. The van der Waals surface area contributed by atoms with Crippen molar-refractivity contribution in [3.8, 4) is 5.75 Å². The van der Waals surface area contributed by atoms with Gasteiger partial charge in [-0.1, -0.05) is 15.9 Å². The molecule has 0 saturated carbocycles. The Kier molecular flexibility index (Phi) is 4.19. The highest BCUT2D eigenvalue weighted by Crippen LogP contribution is 2.30. The first-order chi connectivity index (χ1) is 9.78. The van der Waals surface area contributed by atoms with E-state index in [0.29, 0.717) is 0 Å². The normalized spacial score (nSPS) is 16.5. The standard InChI is InChI=1S/C15H17BrN2O2/c1-19-12-8-11(10-18-4-6-20-7-5-18)15-13(9-12)14(16)2-3-17-15/h2-3,8-9H,4-7,10H2,1H3. The number of hydrogen-bond donors (Lipinski definition) is 0. The third-order valence-electron chi connectivity index (χ3n) is 3.58. The lowest BCUT2D eigenvalue weighted by Gasteiger charge is -2.27. The minimum Gasteiger partial charge on any atom is -0.497 e. The van der Waals surface area contributed by atoms with Gasteiger partial charge in [0.15, 0.2) is 0 Å². The molecule has 4 nitrogen and oxygen atoms in total. The summed E-state index contributed by atoms with van der Waals surface area (Å²) < 4.78 is 11.9. The largest absolute Gasteiger partial charge is 0.497 e. The molecule has 1 aliphatic heterocycles. The predicted molar refractivity (Wildman–Crippen MR) is 82.1 cm³/mol. The highest BCUT2D eigenvalue weighted by Gasteiger charge is 2.14. The van der Waals surface area contributed by atoms with Gasteiger partial charge in [0.25, 0.3) is 0 Å². The molecule has 0 amide bonds. The van der Waals surface area contributed by atoms with Gasteiger partial charge in [-0.15, -0.1) is 0 Å². The summed E-state index contributed by atoms with van der Waals surface area (Å²) in [5, 5.41) is 1.09. The molecule has 1 aromatic heterocycles. The predicted octanol–water partition coefficient (Wildman–Crippen LogP) is 2.84. The molecule has 0 bridgehead atoms. The number of halogens is 1. The van der Waals surface area contributed by atoms with Gasteiger partial charge in [0.1, 0.15) is 5.75 Å². The van der Waals surface area contributed by atoms with Crippen LogP contribution in [0.3, 0.4) is 0 Å². The molecule has 0 unspecified atom stereocenters. The quantitative estimate of drug-likeness (QED) is 0.863. The average molecular weight is 337 g/mol. The van der Waals surface area contributed by atoms with Gasteiger partial charge in [-0.05, 0) is 23.8 Å². The van der Waals surface area contributed by atoms with E-state index in [1.807, 2.05) is 18.3 Å². The zero-order chi connectivity index (χ0) is 13.9. The summed E-state index contributed by atoms with van der Waals surface area (Å²) in [5.41, 5.74) is 2.23. The lowest BCUT2D eigenvalue weighted by atomic mass is 10.1. The maximum Gasteiger partial charge on any atom is 0.119 e. The van der Waals surface area contributed by atoms with Crippen molar-refractivity contribution in [3.63, 3.8) is 0 Å². The highest BCUT2D eigenvalue weighted by molar-refractivity contribution is 9.10. The first-order valence-electron chi connectivity index (χ1n) is 6.69. The van der Waals surface area contributed by atoms with Crippen LogP contribution < -0.4 is 4.74 Å². The molecule has 0 spiro atoms. The van der Waals surface area contributed by atoms with Crippen molar-refractivity contribution < 1.29 is 9.47 Å². The molecule has 2 heterocycles. The lowest BCUT2D eigenvalue weighted by molar-refractivity contribution is 0.0343. The fraction of sp³-hybridized carbons (Fsp3) is 0.400. The second-order valence-corrected chi connectivity index (χ2v) is 5.72. The van der Waals surface area contributed by atoms with E-state index < -0.39 is 0 Å². The van der Waals surface area contributed by atoms with Crippen LogP contribution >= 0.6 is 15.9 Å². The van der Waals surface area contributed by atoms with E-state index in [0.717, 1.165) is 54.0 Å². The molecule has 106 valence electrons. The Morgan fingerprint density at radius 1 is 1.35 bits per heavy atom. The number of nitrogens with zero attached hydrogens (tertiary/aromatic N) is 2. The number of benzene rings is 1. The van der Waals surface area contributed by atoms with Crippen LogP contribution in [0.25, 0.3) is 10.9 Å². The van der Waals surface area contributed by atoms with Crippen LogP contribution in [0, 0.1) is 0 Å². The fourth-order valence-corrected chi connectivity index (χ4v) is 2.93. The van der Waals surface area contributed by atoms with Crippen molar-refractivity contribution in [2.75, 3.05) is 33.4 Å². The summed E-state index contributed by atoms with van der Waals surface area (Å²) in [6, 6.07) is 6.06. The van der Waals surface area contributed by atoms with E-state index in [4.69, 9.17) is 9.47 Å². The smallest absolute Gasteiger partial charge is 0.119 e. The van der Waals surface area contributed by atoms with Crippen molar-refractivity contribution in [3.05, 3.63) is 34.4 Å². The third-order valence-corrected chi connectivity index (χ3v) is 4.27. The van der Waals surface area contributed by atoms with Crippen LogP contribution in [-0.4, -0.2) is 43.3 Å². The Labute approximate surface area is 126 Å². The van der Waals surface area contributed by atoms with Gasteiger partial charge in [0, 0.05) is 35.7 Å². The first-order valence-corrected chi connectivity index (χ1v) is 7.48. The molecule has 1 aliphatic rings. The molecule has 1 saturated heterocycles. The molecule has 2 aromatic rings. The second kappa shape index (κ2) is 6.08. The number of ether oxygens (including phenoxy) is 2. The van der Waals surface area contributed by atoms with Gasteiger partial charge in [0.05, 0.1) is 25.8 Å². The number of methoxy groups -OCH3 is 1. The van der Waals surface area contributed by atoms with Crippen LogP contribution in [0.5, 0.6) is 5.75 Å². The maximum absolute atomic E-state index is 5.42. The number of aromatic nitrogens is 1. The van der Waals surface area contributed by atoms with Gasteiger partial charge in [-0.25, -0.2) is 0 Å². The van der Waals surface area contributed by atoms with Crippen molar-refractivity contribution in [1.29, 1.82) is 0 Å². The summed E-state index contributed by atoms with van der Waals surface area (Å²) in [6.45, 7) is 4.41. The molecule has 1 aromatic carbocycles. The van der Waals surface area contributed by atoms with E-state index in [9.17, 15) is 0 Å². The van der Waals surface area contributed by atoms with Crippen LogP contribution in [-0.2, 0) is 11.3 Å². The Hall–Kier alpha value is -1.17. The molecule has 0 atom stereocenters. The molecule has 3 rings (SSSR count). The van der Waals surface area contributed by atoms with Gasteiger partial charge < -0.3 is 9.47 Å². The Morgan fingerprint density at radius 2 is 2.15 bits per heavy atom. The minimum absolute atomic E-state index is 0.805.